The molecule has 3 heteroatoms. The van der Waals surface area contributed by atoms with Crippen LogP contribution in [0.5, 0.6) is 0 Å². The Labute approximate surface area is 309 Å². The summed E-state index contributed by atoms with van der Waals surface area (Å²) in [5.41, 5.74) is 11.2. The third-order valence-corrected chi connectivity index (χ3v) is 16.2. The molecule has 51 heavy (non-hydrogen) atoms. The van der Waals surface area contributed by atoms with Gasteiger partial charge in [0.05, 0.1) is 6.04 Å². The Kier molecular flexibility index (Phi) is 7.70. The Morgan fingerprint density at radius 1 is 0.588 bits per heavy atom. The molecule has 260 valence electrons. The fourth-order valence-corrected chi connectivity index (χ4v) is 14.2. The van der Waals surface area contributed by atoms with Crippen LogP contribution < -0.4 is 9.80 Å². The van der Waals surface area contributed by atoms with Crippen LogP contribution in [0.15, 0.2) is 125 Å². The Bertz CT molecular complexity index is 1950. The van der Waals surface area contributed by atoms with Crippen molar-refractivity contribution in [1.29, 1.82) is 0 Å². The SMILES string of the molecule is C1=CC(C2CCCC(N3c4ccccc4C4CC(C5=CC6c7ccccc7N(C7CCCC8c9ccccc9SC87)C6C=C5)CCC43)C2)=CCC1. The van der Waals surface area contributed by atoms with Crippen LogP contribution in [0.25, 0.3) is 0 Å². The predicted molar refractivity (Wildman–Crippen MR) is 214 cm³/mol. The van der Waals surface area contributed by atoms with E-state index in [-0.39, 0.29) is 0 Å². The van der Waals surface area contributed by atoms with Gasteiger partial charge in [-0.3, -0.25) is 0 Å². The quantitative estimate of drug-likeness (QED) is 0.269. The highest BCUT2D eigenvalue weighted by molar-refractivity contribution is 8.00. The molecule has 3 aromatic carbocycles. The highest BCUT2D eigenvalue weighted by atomic mass is 32.2. The molecule has 5 aliphatic carbocycles. The third-order valence-electron chi connectivity index (χ3n) is 14.6. The Morgan fingerprint density at radius 3 is 2.25 bits per heavy atom. The van der Waals surface area contributed by atoms with Crippen molar-refractivity contribution < 1.29 is 0 Å². The van der Waals surface area contributed by atoms with E-state index in [4.69, 9.17) is 0 Å². The maximum absolute atomic E-state index is 2.97. The van der Waals surface area contributed by atoms with Crippen molar-refractivity contribution >= 4 is 23.1 Å². The van der Waals surface area contributed by atoms with Gasteiger partial charge in [-0.05, 0) is 128 Å². The van der Waals surface area contributed by atoms with Crippen LogP contribution >= 0.6 is 11.8 Å². The van der Waals surface area contributed by atoms with Gasteiger partial charge < -0.3 is 9.80 Å². The summed E-state index contributed by atoms with van der Waals surface area (Å²) < 4.78 is 0. The fraction of sp³-hybridized carbons (Fsp3) is 0.458. The number of nitrogens with zero attached hydrogens (tertiary/aromatic N) is 2. The molecule has 11 rings (SSSR count). The molecule has 3 fully saturated rings. The number of benzene rings is 3. The lowest BCUT2D eigenvalue weighted by atomic mass is 9.71. The number of hydrogen-bond acceptors (Lipinski definition) is 3. The van der Waals surface area contributed by atoms with E-state index >= 15 is 0 Å². The Balaban J connectivity index is 0.857. The van der Waals surface area contributed by atoms with Gasteiger partial charge in [0.2, 0.25) is 0 Å². The maximum Gasteiger partial charge on any atom is 0.0584 e. The molecule has 0 saturated heterocycles. The highest BCUT2D eigenvalue weighted by Gasteiger charge is 2.50. The Hall–Kier alpha value is -3.43. The topological polar surface area (TPSA) is 6.48 Å². The van der Waals surface area contributed by atoms with E-state index in [0.29, 0.717) is 53.1 Å². The molecule has 0 bridgehead atoms. The molecule has 3 aliphatic heterocycles. The second kappa shape index (κ2) is 12.6. The highest BCUT2D eigenvalue weighted by Crippen LogP contribution is 2.58. The number of hydrogen-bond donors (Lipinski definition) is 0. The molecule has 0 N–H and O–H groups in total. The molecular formula is C48H52N2S. The second-order valence-corrected chi connectivity index (χ2v) is 18.3. The van der Waals surface area contributed by atoms with E-state index in [2.05, 4.69) is 131 Å². The van der Waals surface area contributed by atoms with E-state index in [1.54, 1.807) is 33.5 Å². The standard InChI is InChI=1S/C48H52N2S/c1-2-12-31(13-3-1)32-14-10-15-35(28-32)49-42-20-7-4-16-36(42)40-29-33(24-26-44(40)49)34-25-27-45-41(30-34)37-17-5-8-21-43(37)50(45)46-22-11-19-39-38-18-6-9-23-47(38)51-48(39)46/h2,4-9,12-13,16-18,20-21,23,25,27,30,32-33,35,39-41,44-46,48H,1,3,10-11,14-15,19,22,24,26,28-29H2. The van der Waals surface area contributed by atoms with Crippen LogP contribution in [0.2, 0.25) is 0 Å². The molecule has 8 aliphatic rings. The van der Waals surface area contributed by atoms with Crippen LogP contribution in [0.1, 0.15) is 111 Å². The summed E-state index contributed by atoms with van der Waals surface area (Å²) in [5.74, 6) is 3.19. The first-order valence-electron chi connectivity index (χ1n) is 20.6. The van der Waals surface area contributed by atoms with Crippen LogP contribution in [-0.4, -0.2) is 29.4 Å². The van der Waals surface area contributed by atoms with Gasteiger partial charge in [0.15, 0.2) is 0 Å². The summed E-state index contributed by atoms with van der Waals surface area (Å²) in [4.78, 5) is 7.41. The summed E-state index contributed by atoms with van der Waals surface area (Å²) in [6, 6.07) is 30.7. The van der Waals surface area contributed by atoms with Gasteiger partial charge >= 0.3 is 0 Å². The Morgan fingerprint density at radius 2 is 1.37 bits per heavy atom. The molecule has 10 atom stereocenters. The van der Waals surface area contributed by atoms with Gasteiger partial charge in [0.1, 0.15) is 0 Å². The average molecular weight is 689 g/mol. The predicted octanol–water partition coefficient (Wildman–Crippen LogP) is 11.9. The van der Waals surface area contributed by atoms with Crippen LogP contribution in [0, 0.1) is 11.8 Å². The summed E-state index contributed by atoms with van der Waals surface area (Å²) in [6.07, 6.45) is 31.2. The minimum absolute atomic E-state index is 0.437. The molecule has 0 radical (unpaired) electrons. The van der Waals surface area contributed by atoms with E-state index in [1.807, 2.05) is 0 Å². The number of fused-ring (bicyclic) bond motifs is 9. The zero-order chi connectivity index (χ0) is 33.5. The summed E-state index contributed by atoms with van der Waals surface area (Å²) in [6.45, 7) is 0. The lowest BCUT2D eigenvalue weighted by molar-refractivity contribution is 0.278. The van der Waals surface area contributed by atoms with Crippen LogP contribution in [-0.2, 0) is 0 Å². The summed E-state index contributed by atoms with van der Waals surface area (Å²) in [7, 11) is 0. The molecule has 10 unspecified atom stereocenters. The first kappa shape index (κ1) is 31.1. The zero-order valence-electron chi connectivity index (χ0n) is 30.0. The number of rotatable bonds is 4. The van der Waals surface area contributed by atoms with Crippen molar-refractivity contribution in [1.82, 2.24) is 0 Å². The smallest absolute Gasteiger partial charge is 0.0584 e. The van der Waals surface area contributed by atoms with Crippen molar-refractivity contribution in [3.8, 4) is 0 Å². The van der Waals surface area contributed by atoms with E-state index in [9.17, 15) is 0 Å². The van der Waals surface area contributed by atoms with Crippen LogP contribution in [0.3, 0.4) is 0 Å². The molecule has 2 nitrogen and oxygen atoms in total. The van der Waals surface area contributed by atoms with Crippen molar-refractivity contribution in [2.24, 2.45) is 11.8 Å². The molecule has 3 aromatic rings. The van der Waals surface area contributed by atoms with Crippen molar-refractivity contribution in [3.05, 3.63) is 137 Å². The first-order chi connectivity index (χ1) is 25.3. The van der Waals surface area contributed by atoms with E-state index in [1.165, 1.54) is 87.6 Å². The number of thioether (sulfide) groups is 1. The van der Waals surface area contributed by atoms with Crippen molar-refractivity contribution in [3.63, 3.8) is 0 Å². The van der Waals surface area contributed by atoms with Crippen molar-refractivity contribution in [2.75, 3.05) is 9.80 Å². The molecule has 0 amide bonds. The van der Waals surface area contributed by atoms with Gasteiger partial charge in [0.25, 0.3) is 0 Å². The van der Waals surface area contributed by atoms with Crippen molar-refractivity contribution in [2.45, 2.75) is 129 Å². The third kappa shape index (κ3) is 5.03. The number of para-hydroxylation sites is 2. The molecular weight excluding hydrogens is 637 g/mol. The minimum Gasteiger partial charge on any atom is -0.365 e. The van der Waals surface area contributed by atoms with E-state index in [0.717, 1.165) is 5.92 Å². The first-order valence-corrected chi connectivity index (χ1v) is 21.4. The number of anilines is 2. The van der Waals surface area contributed by atoms with E-state index < -0.39 is 0 Å². The average Bonchev–Trinajstić information content (AvgIpc) is 3.86. The minimum atomic E-state index is 0.437. The second-order valence-electron chi connectivity index (χ2n) is 17.1. The van der Waals surface area contributed by atoms with Gasteiger partial charge in [-0.2, -0.15) is 0 Å². The lowest BCUT2D eigenvalue weighted by Gasteiger charge is -2.45. The van der Waals surface area contributed by atoms with Gasteiger partial charge in [-0.15, -0.1) is 11.8 Å². The van der Waals surface area contributed by atoms with Crippen LogP contribution in [0.4, 0.5) is 11.4 Å². The summed E-state index contributed by atoms with van der Waals surface area (Å²) >= 11 is 2.18. The van der Waals surface area contributed by atoms with Gasteiger partial charge in [0, 0.05) is 51.5 Å². The molecule has 3 saturated carbocycles. The fourth-order valence-electron chi connectivity index (χ4n) is 12.5. The summed E-state index contributed by atoms with van der Waals surface area (Å²) in [5, 5.41) is 0.651. The zero-order valence-corrected chi connectivity index (χ0v) is 30.8. The molecule has 0 spiro atoms. The van der Waals surface area contributed by atoms with Gasteiger partial charge in [-0.1, -0.05) is 104 Å². The number of allylic oxidation sites excluding steroid dienone is 6. The van der Waals surface area contributed by atoms with Gasteiger partial charge in [-0.25, -0.2) is 0 Å². The lowest BCUT2D eigenvalue weighted by Crippen LogP contribution is -2.49. The monoisotopic (exact) mass is 688 g/mol. The molecule has 3 heterocycles. The normalized spacial score (nSPS) is 36.0. The molecule has 0 aromatic heterocycles. The largest absolute Gasteiger partial charge is 0.365 e. The maximum atomic E-state index is 2.97.